The van der Waals surface area contributed by atoms with E-state index < -0.39 is 0 Å². The Hall–Kier alpha value is -2.10. The molecule has 1 aliphatic rings. The third kappa shape index (κ3) is 2.52. The normalized spacial score (nSPS) is 16.5. The van der Waals surface area contributed by atoms with Crippen molar-refractivity contribution < 1.29 is 9.21 Å². The molecule has 0 saturated carbocycles. The Labute approximate surface area is 112 Å². The predicted octanol–water partition coefficient (Wildman–Crippen LogP) is 2.69. The zero-order chi connectivity index (χ0) is 13.1. The lowest BCUT2D eigenvalue weighted by Crippen LogP contribution is -2.37. The van der Waals surface area contributed by atoms with E-state index in [1.54, 1.807) is 12.1 Å². The number of carbonyl (C=O) groups excluding carboxylic acids is 1. The average Bonchev–Trinajstić information content (AvgIpc) is 3.02. The van der Waals surface area contributed by atoms with Crippen LogP contribution in [-0.4, -0.2) is 28.9 Å². The third-order valence-corrected chi connectivity index (χ3v) is 3.69. The van der Waals surface area contributed by atoms with Gasteiger partial charge in [-0.2, -0.15) is 0 Å². The number of rotatable bonds is 2. The van der Waals surface area contributed by atoms with E-state index in [1.165, 1.54) is 11.8 Å². The summed E-state index contributed by atoms with van der Waals surface area (Å²) in [4.78, 5) is 18.0. The van der Waals surface area contributed by atoms with Gasteiger partial charge in [-0.15, -0.1) is 0 Å². The second-order valence-electron chi connectivity index (χ2n) is 4.82. The van der Waals surface area contributed by atoms with Gasteiger partial charge < -0.3 is 9.32 Å². The van der Waals surface area contributed by atoms with Gasteiger partial charge in [-0.3, -0.25) is 9.78 Å². The highest BCUT2D eigenvalue weighted by atomic mass is 16.3. The van der Waals surface area contributed by atoms with Crippen LogP contribution in [0.5, 0.6) is 0 Å². The maximum absolute atomic E-state index is 12.1. The quantitative estimate of drug-likeness (QED) is 0.830. The molecule has 0 aliphatic carbocycles. The molecule has 2 aromatic rings. The number of pyridine rings is 1. The Bertz CT molecular complexity index is 529. The summed E-state index contributed by atoms with van der Waals surface area (Å²) in [6, 6.07) is 7.59. The monoisotopic (exact) mass is 256 g/mol. The van der Waals surface area contributed by atoms with Crippen molar-refractivity contribution in [2.45, 2.75) is 18.8 Å². The summed E-state index contributed by atoms with van der Waals surface area (Å²) in [5, 5.41) is 0. The molecule has 0 atom stereocenters. The lowest BCUT2D eigenvalue weighted by molar-refractivity contribution is 0.0681. The minimum absolute atomic E-state index is 0.00169. The summed E-state index contributed by atoms with van der Waals surface area (Å²) in [7, 11) is 0. The first-order valence-corrected chi connectivity index (χ1v) is 6.57. The van der Waals surface area contributed by atoms with E-state index in [-0.39, 0.29) is 5.91 Å². The smallest absolute Gasteiger partial charge is 0.289 e. The fourth-order valence-electron chi connectivity index (χ4n) is 2.61. The summed E-state index contributed by atoms with van der Waals surface area (Å²) in [5.41, 5.74) is 1.32. The molecule has 1 saturated heterocycles. The molecule has 19 heavy (non-hydrogen) atoms. The predicted molar refractivity (Wildman–Crippen MR) is 70.8 cm³/mol. The first-order chi connectivity index (χ1) is 9.34. The van der Waals surface area contributed by atoms with Crippen LogP contribution >= 0.6 is 0 Å². The fourth-order valence-corrected chi connectivity index (χ4v) is 2.61. The minimum atomic E-state index is -0.00169. The van der Waals surface area contributed by atoms with Gasteiger partial charge >= 0.3 is 0 Å². The molecule has 4 heteroatoms. The fraction of sp³-hybridized carbons (Fsp3) is 0.333. The first kappa shape index (κ1) is 12.0. The molecule has 0 bridgehead atoms. The number of amides is 1. The summed E-state index contributed by atoms with van der Waals surface area (Å²) >= 11 is 0. The van der Waals surface area contributed by atoms with Crippen LogP contribution in [-0.2, 0) is 0 Å². The number of piperidine rings is 1. The molecule has 0 spiro atoms. The highest BCUT2D eigenvalue weighted by molar-refractivity contribution is 5.91. The van der Waals surface area contributed by atoms with Gasteiger partial charge in [0.2, 0.25) is 0 Å². The van der Waals surface area contributed by atoms with Crippen molar-refractivity contribution >= 4 is 5.91 Å². The summed E-state index contributed by atoms with van der Waals surface area (Å²) < 4.78 is 5.16. The molecular weight excluding hydrogens is 240 g/mol. The van der Waals surface area contributed by atoms with Crippen LogP contribution in [0.4, 0.5) is 0 Å². The van der Waals surface area contributed by atoms with E-state index in [9.17, 15) is 4.79 Å². The molecular formula is C15H16N2O2. The van der Waals surface area contributed by atoms with Gasteiger partial charge in [-0.1, -0.05) is 0 Å². The van der Waals surface area contributed by atoms with Crippen molar-refractivity contribution in [1.29, 1.82) is 0 Å². The van der Waals surface area contributed by atoms with Crippen molar-refractivity contribution in [3.8, 4) is 0 Å². The topological polar surface area (TPSA) is 46.3 Å². The van der Waals surface area contributed by atoms with E-state index in [2.05, 4.69) is 17.1 Å². The zero-order valence-electron chi connectivity index (χ0n) is 10.7. The Morgan fingerprint density at radius 2 is 1.95 bits per heavy atom. The Balaban J connectivity index is 1.62. The molecule has 1 aliphatic heterocycles. The molecule has 0 aromatic carbocycles. The number of nitrogens with zero attached hydrogens (tertiary/aromatic N) is 2. The van der Waals surface area contributed by atoms with E-state index >= 15 is 0 Å². The number of hydrogen-bond donors (Lipinski definition) is 0. The van der Waals surface area contributed by atoms with Crippen molar-refractivity contribution in [3.63, 3.8) is 0 Å². The van der Waals surface area contributed by atoms with Crippen molar-refractivity contribution in [2.24, 2.45) is 0 Å². The van der Waals surface area contributed by atoms with Crippen LogP contribution in [0.25, 0.3) is 0 Å². The van der Waals surface area contributed by atoms with Gasteiger partial charge in [-0.05, 0) is 48.6 Å². The summed E-state index contributed by atoms with van der Waals surface area (Å²) in [5.74, 6) is 0.962. The van der Waals surface area contributed by atoms with Crippen molar-refractivity contribution in [3.05, 3.63) is 54.2 Å². The minimum Gasteiger partial charge on any atom is -0.459 e. The van der Waals surface area contributed by atoms with Gasteiger partial charge in [-0.25, -0.2) is 0 Å². The molecule has 1 fully saturated rings. The Morgan fingerprint density at radius 1 is 1.21 bits per heavy atom. The largest absolute Gasteiger partial charge is 0.459 e. The maximum atomic E-state index is 12.1. The molecule has 0 unspecified atom stereocenters. The standard InChI is InChI=1S/C15H16N2O2/c18-15(14-2-1-11-19-14)17-9-5-13(6-10-17)12-3-7-16-8-4-12/h1-4,7-8,11,13H,5-6,9-10H2. The summed E-state index contributed by atoms with van der Waals surface area (Å²) in [6.07, 6.45) is 7.19. The molecule has 2 aromatic heterocycles. The van der Waals surface area contributed by atoms with Crippen LogP contribution in [0.3, 0.4) is 0 Å². The second kappa shape index (κ2) is 5.26. The highest BCUT2D eigenvalue weighted by Gasteiger charge is 2.25. The SMILES string of the molecule is O=C(c1ccco1)N1CCC(c2ccncc2)CC1. The van der Waals surface area contributed by atoms with Gasteiger partial charge in [0.1, 0.15) is 0 Å². The van der Waals surface area contributed by atoms with Crippen LogP contribution in [0.1, 0.15) is 34.9 Å². The van der Waals surface area contributed by atoms with Gasteiger partial charge in [0.05, 0.1) is 6.26 Å². The van der Waals surface area contributed by atoms with Crippen molar-refractivity contribution in [2.75, 3.05) is 13.1 Å². The number of furan rings is 1. The maximum Gasteiger partial charge on any atom is 0.289 e. The van der Waals surface area contributed by atoms with E-state index in [4.69, 9.17) is 4.42 Å². The zero-order valence-corrected chi connectivity index (χ0v) is 10.7. The Kier molecular flexibility index (Phi) is 3.31. The number of aromatic nitrogens is 1. The van der Waals surface area contributed by atoms with Crippen molar-refractivity contribution in [1.82, 2.24) is 9.88 Å². The highest BCUT2D eigenvalue weighted by Crippen LogP contribution is 2.28. The Morgan fingerprint density at radius 3 is 2.58 bits per heavy atom. The molecule has 1 amide bonds. The van der Waals surface area contributed by atoms with Crippen LogP contribution < -0.4 is 0 Å². The first-order valence-electron chi connectivity index (χ1n) is 6.57. The second-order valence-corrected chi connectivity index (χ2v) is 4.82. The number of hydrogen-bond acceptors (Lipinski definition) is 3. The lowest BCUT2D eigenvalue weighted by Gasteiger charge is -2.31. The molecule has 3 heterocycles. The average molecular weight is 256 g/mol. The van der Waals surface area contributed by atoms with Crippen LogP contribution in [0.2, 0.25) is 0 Å². The molecule has 3 rings (SSSR count). The third-order valence-electron chi connectivity index (χ3n) is 3.69. The van der Waals surface area contributed by atoms with Crippen LogP contribution in [0.15, 0.2) is 47.3 Å². The van der Waals surface area contributed by atoms with E-state index in [0.29, 0.717) is 11.7 Å². The van der Waals surface area contributed by atoms with Gasteiger partial charge in [0, 0.05) is 25.5 Å². The molecule has 98 valence electrons. The molecule has 0 radical (unpaired) electrons. The van der Waals surface area contributed by atoms with E-state index in [0.717, 1.165) is 25.9 Å². The van der Waals surface area contributed by atoms with Gasteiger partial charge in [0.25, 0.3) is 5.91 Å². The molecule has 4 nitrogen and oxygen atoms in total. The van der Waals surface area contributed by atoms with Gasteiger partial charge in [0.15, 0.2) is 5.76 Å². The summed E-state index contributed by atoms with van der Waals surface area (Å²) in [6.45, 7) is 1.57. The number of likely N-dealkylation sites (tertiary alicyclic amines) is 1. The molecule has 0 N–H and O–H groups in total. The van der Waals surface area contributed by atoms with Crippen LogP contribution in [0, 0.1) is 0 Å². The number of carbonyl (C=O) groups is 1. The lowest BCUT2D eigenvalue weighted by atomic mass is 9.90. The van der Waals surface area contributed by atoms with E-state index in [1.807, 2.05) is 17.3 Å².